The Morgan fingerprint density at radius 3 is 2.71 bits per heavy atom. The second-order valence-electron chi connectivity index (χ2n) is 3.86. The summed E-state index contributed by atoms with van der Waals surface area (Å²) in [5.41, 5.74) is 2.05. The summed E-state index contributed by atoms with van der Waals surface area (Å²) < 4.78 is 0. The van der Waals surface area contributed by atoms with Crippen LogP contribution in [0.15, 0.2) is 24.3 Å². The first-order chi connectivity index (χ1) is 6.63. The Morgan fingerprint density at radius 2 is 2.14 bits per heavy atom. The SMILES string of the molecule is CC(C)Cc1cccc(C(=O)CBr)c1. The summed E-state index contributed by atoms with van der Waals surface area (Å²) in [5, 5.41) is 0.401. The number of Topliss-reactive ketones (excluding diaryl/α,β-unsaturated/α-hetero) is 1. The highest BCUT2D eigenvalue weighted by Gasteiger charge is 2.04. The van der Waals surface area contributed by atoms with Gasteiger partial charge in [0.2, 0.25) is 0 Å². The number of ketones is 1. The highest BCUT2D eigenvalue weighted by Crippen LogP contribution is 2.11. The van der Waals surface area contributed by atoms with Crippen molar-refractivity contribution in [1.29, 1.82) is 0 Å². The van der Waals surface area contributed by atoms with Gasteiger partial charge in [-0.3, -0.25) is 4.79 Å². The van der Waals surface area contributed by atoms with E-state index in [2.05, 4.69) is 35.8 Å². The lowest BCUT2D eigenvalue weighted by Crippen LogP contribution is -2.01. The van der Waals surface area contributed by atoms with Gasteiger partial charge in [0.05, 0.1) is 5.33 Å². The van der Waals surface area contributed by atoms with Crippen molar-refractivity contribution >= 4 is 21.7 Å². The zero-order valence-electron chi connectivity index (χ0n) is 8.59. The summed E-state index contributed by atoms with van der Waals surface area (Å²) in [5.74, 6) is 0.778. The highest BCUT2D eigenvalue weighted by atomic mass is 79.9. The van der Waals surface area contributed by atoms with Gasteiger partial charge in [0.25, 0.3) is 0 Å². The zero-order valence-corrected chi connectivity index (χ0v) is 10.2. The topological polar surface area (TPSA) is 17.1 Å². The Bertz CT molecular complexity index is 318. The molecule has 0 heterocycles. The molecular formula is C12H15BrO. The fourth-order valence-electron chi connectivity index (χ4n) is 1.42. The molecule has 0 aliphatic rings. The van der Waals surface area contributed by atoms with E-state index in [-0.39, 0.29) is 5.78 Å². The Balaban J connectivity index is 2.84. The Hall–Kier alpha value is -0.630. The molecule has 0 amide bonds. The van der Waals surface area contributed by atoms with Crippen LogP contribution < -0.4 is 0 Å². The number of hydrogen-bond acceptors (Lipinski definition) is 1. The molecule has 0 spiro atoms. The van der Waals surface area contributed by atoms with Gasteiger partial charge in [-0.1, -0.05) is 48.0 Å². The normalized spacial score (nSPS) is 10.6. The minimum Gasteiger partial charge on any atom is -0.293 e. The van der Waals surface area contributed by atoms with Crippen molar-refractivity contribution < 1.29 is 4.79 Å². The Morgan fingerprint density at radius 1 is 1.43 bits per heavy atom. The predicted octanol–water partition coefficient (Wildman–Crippen LogP) is 3.46. The van der Waals surface area contributed by atoms with Gasteiger partial charge in [-0.05, 0) is 24.0 Å². The van der Waals surface area contributed by atoms with Gasteiger partial charge in [-0.15, -0.1) is 0 Å². The van der Waals surface area contributed by atoms with E-state index in [1.54, 1.807) is 0 Å². The fraction of sp³-hybridized carbons (Fsp3) is 0.417. The van der Waals surface area contributed by atoms with Gasteiger partial charge in [0.1, 0.15) is 0 Å². The van der Waals surface area contributed by atoms with E-state index in [9.17, 15) is 4.79 Å². The summed E-state index contributed by atoms with van der Waals surface area (Å²) in [6.07, 6.45) is 1.03. The molecule has 0 N–H and O–H groups in total. The van der Waals surface area contributed by atoms with E-state index in [1.165, 1.54) is 5.56 Å². The molecule has 0 aliphatic carbocycles. The van der Waals surface area contributed by atoms with Gasteiger partial charge >= 0.3 is 0 Å². The molecule has 1 rings (SSSR count). The first-order valence-electron chi connectivity index (χ1n) is 4.81. The molecule has 14 heavy (non-hydrogen) atoms. The number of benzene rings is 1. The lowest BCUT2D eigenvalue weighted by Gasteiger charge is -2.06. The molecule has 0 aromatic heterocycles. The number of carbonyl (C=O) groups excluding carboxylic acids is 1. The van der Waals surface area contributed by atoms with E-state index in [4.69, 9.17) is 0 Å². The minimum atomic E-state index is 0.149. The highest BCUT2D eigenvalue weighted by molar-refractivity contribution is 9.09. The van der Waals surface area contributed by atoms with Crippen molar-refractivity contribution in [2.24, 2.45) is 5.92 Å². The molecule has 0 unspecified atom stereocenters. The lowest BCUT2D eigenvalue weighted by atomic mass is 10.00. The summed E-state index contributed by atoms with van der Waals surface area (Å²) >= 11 is 3.18. The molecule has 1 nitrogen and oxygen atoms in total. The second kappa shape index (κ2) is 5.30. The monoisotopic (exact) mass is 254 g/mol. The predicted molar refractivity (Wildman–Crippen MR) is 63.1 cm³/mol. The van der Waals surface area contributed by atoms with Crippen molar-refractivity contribution in [3.63, 3.8) is 0 Å². The maximum absolute atomic E-state index is 11.4. The largest absolute Gasteiger partial charge is 0.293 e. The third-order valence-corrected chi connectivity index (χ3v) is 2.52. The van der Waals surface area contributed by atoms with Crippen LogP contribution in [0.3, 0.4) is 0 Å². The van der Waals surface area contributed by atoms with Gasteiger partial charge in [-0.2, -0.15) is 0 Å². The molecule has 0 saturated carbocycles. The van der Waals surface area contributed by atoms with E-state index in [0.717, 1.165) is 12.0 Å². The maximum atomic E-state index is 11.4. The number of hydrogen-bond donors (Lipinski definition) is 0. The van der Waals surface area contributed by atoms with E-state index in [1.807, 2.05) is 18.2 Å². The summed E-state index contributed by atoms with van der Waals surface area (Å²) in [4.78, 5) is 11.4. The average Bonchev–Trinajstić information content (AvgIpc) is 2.16. The summed E-state index contributed by atoms with van der Waals surface area (Å²) in [6, 6.07) is 7.88. The minimum absolute atomic E-state index is 0.149. The van der Waals surface area contributed by atoms with Crippen molar-refractivity contribution in [3.05, 3.63) is 35.4 Å². The third-order valence-electron chi connectivity index (χ3n) is 2.01. The third kappa shape index (κ3) is 3.26. The standard InChI is InChI=1S/C12H15BrO/c1-9(2)6-10-4-3-5-11(7-10)12(14)8-13/h3-5,7,9H,6,8H2,1-2H3. The Kier molecular flexibility index (Phi) is 4.33. The average molecular weight is 255 g/mol. The first-order valence-corrected chi connectivity index (χ1v) is 5.93. The van der Waals surface area contributed by atoms with Crippen LogP contribution in [0.1, 0.15) is 29.8 Å². The van der Waals surface area contributed by atoms with Gasteiger partial charge in [0.15, 0.2) is 5.78 Å². The molecule has 0 radical (unpaired) electrons. The molecule has 0 saturated heterocycles. The molecule has 0 bridgehead atoms. The zero-order chi connectivity index (χ0) is 10.6. The van der Waals surface area contributed by atoms with Crippen molar-refractivity contribution in [1.82, 2.24) is 0 Å². The van der Waals surface area contributed by atoms with E-state index < -0.39 is 0 Å². The quantitative estimate of drug-likeness (QED) is 0.594. The fourth-order valence-corrected chi connectivity index (χ4v) is 1.74. The number of alkyl halides is 1. The van der Waals surface area contributed by atoms with Crippen molar-refractivity contribution in [2.45, 2.75) is 20.3 Å². The van der Waals surface area contributed by atoms with Gasteiger partial charge in [-0.25, -0.2) is 0 Å². The molecule has 1 aromatic rings. The maximum Gasteiger partial charge on any atom is 0.173 e. The Labute approximate surface area is 93.7 Å². The number of rotatable bonds is 4. The molecule has 0 fully saturated rings. The molecule has 1 aromatic carbocycles. The summed E-state index contributed by atoms with van der Waals surface area (Å²) in [7, 11) is 0. The molecule has 76 valence electrons. The van der Waals surface area contributed by atoms with Crippen molar-refractivity contribution in [3.8, 4) is 0 Å². The summed E-state index contributed by atoms with van der Waals surface area (Å²) in [6.45, 7) is 4.36. The van der Waals surface area contributed by atoms with Gasteiger partial charge in [0, 0.05) is 5.56 Å². The molecule has 2 heteroatoms. The number of halogens is 1. The molecule has 0 aliphatic heterocycles. The molecule has 0 atom stereocenters. The van der Waals surface area contributed by atoms with Crippen LogP contribution in [0, 0.1) is 5.92 Å². The van der Waals surface area contributed by atoms with Crippen LogP contribution in [0.5, 0.6) is 0 Å². The van der Waals surface area contributed by atoms with Crippen molar-refractivity contribution in [2.75, 3.05) is 5.33 Å². The first kappa shape index (κ1) is 11.4. The lowest BCUT2D eigenvalue weighted by molar-refractivity contribution is 0.102. The van der Waals surface area contributed by atoms with Gasteiger partial charge < -0.3 is 0 Å². The van der Waals surface area contributed by atoms with Crippen LogP contribution in [-0.2, 0) is 6.42 Å². The van der Waals surface area contributed by atoms with Crippen LogP contribution in [0.2, 0.25) is 0 Å². The number of carbonyl (C=O) groups is 1. The molecular weight excluding hydrogens is 240 g/mol. The van der Waals surface area contributed by atoms with E-state index in [0.29, 0.717) is 11.2 Å². The van der Waals surface area contributed by atoms with Crippen LogP contribution in [0.25, 0.3) is 0 Å². The smallest absolute Gasteiger partial charge is 0.173 e. The van der Waals surface area contributed by atoms with Crippen LogP contribution in [0.4, 0.5) is 0 Å². The van der Waals surface area contributed by atoms with E-state index >= 15 is 0 Å². The van der Waals surface area contributed by atoms with Crippen LogP contribution in [-0.4, -0.2) is 11.1 Å². The second-order valence-corrected chi connectivity index (χ2v) is 4.42. The van der Waals surface area contributed by atoms with Crippen LogP contribution >= 0.6 is 15.9 Å².